The van der Waals surface area contributed by atoms with Crippen LogP contribution in [0.3, 0.4) is 0 Å². The molecule has 2 heterocycles. The Kier molecular flexibility index (Phi) is 3.74. The van der Waals surface area contributed by atoms with Crippen LogP contribution in [0.2, 0.25) is 0 Å². The fourth-order valence-corrected chi connectivity index (χ4v) is 4.40. The van der Waals surface area contributed by atoms with Crippen molar-refractivity contribution in [3.8, 4) is 16.3 Å². The highest BCUT2D eigenvalue weighted by atomic mass is 32.1. The molecule has 3 aromatic carbocycles. The van der Waals surface area contributed by atoms with E-state index in [0.29, 0.717) is 21.7 Å². The Hall–Kier alpha value is -3.51. The van der Waals surface area contributed by atoms with E-state index >= 15 is 0 Å². The average molecular weight is 386 g/mol. The predicted molar refractivity (Wildman–Crippen MR) is 107 cm³/mol. The maximum Gasteiger partial charge on any atom is 0.261 e. The number of imide groups is 1. The minimum Gasteiger partial charge on any atom is -0.507 e. The predicted octanol–water partition coefficient (Wildman–Crippen LogP) is 4.47. The van der Waals surface area contributed by atoms with E-state index in [1.54, 1.807) is 42.5 Å². The first-order chi connectivity index (χ1) is 13.6. The van der Waals surface area contributed by atoms with Crippen LogP contribution >= 0.6 is 11.3 Å². The smallest absolute Gasteiger partial charge is 0.261 e. The molecule has 136 valence electrons. The van der Waals surface area contributed by atoms with Gasteiger partial charge < -0.3 is 5.11 Å². The van der Waals surface area contributed by atoms with E-state index in [1.165, 1.54) is 16.2 Å². The van der Waals surface area contributed by atoms with Gasteiger partial charge >= 0.3 is 0 Å². The Bertz CT molecular complexity index is 1190. The molecule has 0 saturated carbocycles. The standard InChI is InChI=1S/C22H14N2O3S/c25-18-10-9-13(11-16(18)20-23-17-7-3-4-8-19(17)28-20)12-24-21(26)14-5-1-2-6-15(14)22(24)27/h1-11,25H,12H2. The molecule has 5 nitrogen and oxygen atoms in total. The van der Waals surface area contributed by atoms with Crippen LogP contribution in [0.5, 0.6) is 5.75 Å². The summed E-state index contributed by atoms with van der Waals surface area (Å²) in [5.41, 5.74) is 3.07. The van der Waals surface area contributed by atoms with Crippen LogP contribution in [0.4, 0.5) is 0 Å². The molecule has 0 saturated heterocycles. The number of hydrogen-bond acceptors (Lipinski definition) is 5. The number of para-hydroxylation sites is 1. The first-order valence-electron chi connectivity index (χ1n) is 8.75. The molecule has 0 unspecified atom stereocenters. The van der Waals surface area contributed by atoms with Crippen LogP contribution in [0.25, 0.3) is 20.8 Å². The molecular formula is C22H14N2O3S. The first-order valence-corrected chi connectivity index (χ1v) is 9.56. The van der Waals surface area contributed by atoms with E-state index in [2.05, 4.69) is 4.98 Å². The summed E-state index contributed by atoms with van der Waals surface area (Å²) in [5, 5.41) is 11.0. The molecule has 0 fully saturated rings. The highest BCUT2D eigenvalue weighted by Gasteiger charge is 2.35. The number of aromatic nitrogens is 1. The quantitative estimate of drug-likeness (QED) is 0.528. The van der Waals surface area contributed by atoms with E-state index < -0.39 is 0 Å². The molecule has 0 spiro atoms. The van der Waals surface area contributed by atoms with Crippen molar-refractivity contribution in [2.75, 3.05) is 0 Å². The van der Waals surface area contributed by atoms with Gasteiger partial charge in [-0.1, -0.05) is 30.3 Å². The van der Waals surface area contributed by atoms with Gasteiger partial charge in [-0.05, 0) is 42.0 Å². The molecule has 0 aliphatic carbocycles. The largest absolute Gasteiger partial charge is 0.507 e. The number of nitrogens with zero attached hydrogens (tertiary/aromatic N) is 2. The third kappa shape index (κ3) is 2.58. The number of thiazole rings is 1. The minimum atomic E-state index is -0.296. The molecule has 1 aliphatic rings. The van der Waals surface area contributed by atoms with Gasteiger partial charge in [0, 0.05) is 0 Å². The Morgan fingerprint density at radius 3 is 2.25 bits per heavy atom. The van der Waals surface area contributed by atoms with Crippen molar-refractivity contribution in [1.29, 1.82) is 0 Å². The van der Waals surface area contributed by atoms with E-state index in [-0.39, 0.29) is 24.1 Å². The number of benzene rings is 3. The number of phenols is 1. The van der Waals surface area contributed by atoms with E-state index in [4.69, 9.17) is 0 Å². The van der Waals surface area contributed by atoms with Gasteiger partial charge in [0.15, 0.2) is 0 Å². The Labute approximate surface area is 164 Å². The summed E-state index contributed by atoms with van der Waals surface area (Å²) >= 11 is 1.49. The van der Waals surface area contributed by atoms with Gasteiger partial charge in [-0.3, -0.25) is 14.5 Å². The monoisotopic (exact) mass is 386 g/mol. The zero-order valence-electron chi connectivity index (χ0n) is 14.6. The molecule has 4 aromatic rings. The second-order valence-electron chi connectivity index (χ2n) is 6.58. The third-order valence-electron chi connectivity index (χ3n) is 4.80. The SMILES string of the molecule is O=C1c2ccccc2C(=O)N1Cc1ccc(O)c(-c2nc3ccccc3s2)c1. The highest BCUT2D eigenvalue weighted by Crippen LogP contribution is 2.36. The summed E-state index contributed by atoms with van der Waals surface area (Å²) in [5.74, 6) is -0.476. The maximum absolute atomic E-state index is 12.6. The van der Waals surface area contributed by atoms with Gasteiger partial charge in [0.05, 0.1) is 33.5 Å². The number of carbonyl (C=O) groups is 2. The normalized spacial score (nSPS) is 13.4. The van der Waals surface area contributed by atoms with Gasteiger partial charge in [-0.2, -0.15) is 0 Å². The van der Waals surface area contributed by atoms with Crippen molar-refractivity contribution in [2.45, 2.75) is 6.54 Å². The van der Waals surface area contributed by atoms with E-state index in [1.807, 2.05) is 24.3 Å². The number of phenolic OH excluding ortho intramolecular Hbond substituents is 1. The van der Waals surface area contributed by atoms with E-state index in [0.717, 1.165) is 15.8 Å². The van der Waals surface area contributed by atoms with Crippen LogP contribution in [0.1, 0.15) is 26.3 Å². The molecule has 0 bridgehead atoms. The number of rotatable bonds is 3. The summed E-state index contributed by atoms with van der Waals surface area (Å²) in [7, 11) is 0. The summed E-state index contributed by atoms with van der Waals surface area (Å²) in [6, 6.07) is 19.7. The molecule has 1 aromatic heterocycles. The van der Waals surface area contributed by atoms with Gasteiger partial charge in [-0.25, -0.2) is 4.98 Å². The topological polar surface area (TPSA) is 70.5 Å². The van der Waals surface area contributed by atoms with Crippen molar-refractivity contribution in [1.82, 2.24) is 9.88 Å². The average Bonchev–Trinajstić information content (AvgIpc) is 3.25. The number of fused-ring (bicyclic) bond motifs is 2. The van der Waals surface area contributed by atoms with Gasteiger partial charge in [-0.15, -0.1) is 11.3 Å². The summed E-state index contributed by atoms with van der Waals surface area (Å²) < 4.78 is 1.03. The Balaban J connectivity index is 1.50. The zero-order valence-corrected chi connectivity index (χ0v) is 15.4. The van der Waals surface area contributed by atoms with Crippen molar-refractivity contribution in [3.05, 3.63) is 83.4 Å². The van der Waals surface area contributed by atoms with Crippen molar-refractivity contribution in [3.63, 3.8) is 0 Å². The second-order valence-corrected chi connectivity index (χ2v) is 7.61. The highest BCUT2D eigenvalue weighted by molar-refractivity contribution is 7.21. The van der Waals surface area contributed by atoms with Crippen LogP contribution < -0.4 is 0 Å². The molecule has 0 radical (unpaired) electrons. The number of hydrogen-bond donors (Lipinski definition) is 1. The number of amides is 2. The van der Waals surface area contributed by atoms with Crippen LogP contribution in [-0.4, -0.2) is 26.8 Å². The fraction of sp³-hybridized carbons (Fsp3) is 0.0455. The number of aromatic hydroxyl groups is 1. The Morgan fingerprint density at radius 1 is 0.857 bits per heavy atom. The summed E-state index contributed by atoms with van der Waals surface area (Å²) in [6.07, 6.45) is 0. The van der Waals surface area contributed by atoms with Crippen LogP contribution in [0, 0.1) is 0 Å². The van der Waals surface area contributed by atoms with Gasteiger partial charge in [0.2, 0.25) is 0 Å². The lowest BCUT2D eigenvalue weighted by molar-refractivity contribution is 0.0642. The van der Waals surface area contributed by atoms with Gasteiger partial charge in [0.25, 0.3) is 11.8 Å². The molecule has 1 aliphatic heterocycles. The van der Waals surface area contributed by atoms with E-state index in [9.17, 15) is 14.7 Å². The molecule has 28 heavy (non-hydrogen) atoms. The summed E-state index contributed by atoms with van der Waals surface area (Å²) in [4.78, 5) is 31.0. The zero-order chi connectivity index (χ0) is 19.3. The Morgan fingerprint density at radius 2 is 1.54 bits per heavy atom. The van der Waals surface area contributed by atoms with Crippen molar-refractivity contribution in [2.24, 2.45) is 0 Å². The van der Waals surface area contributed by atoms with Crippen LogP contribution in [-0.2, 0) is 6.54 Å². The minimum absolute atomic E-state index is 0.116. The molecule has 1 N–H and O–H groups in total. The third-order valence-corrected chi connectivity index (χ3v) is 5.87. The molecule has 5 rings (SSSR count). The summed E-state index contributed by atoms with van der Waals surface area (Å²) in [6.45, 7) is 0.143. The second kappa shape index (κ2) is 6.28. The maximum atomic E-state index is 12.6. The van der Waals surface area contributed by atoms with Crippen molar-refractivity contribution >= 4 is 33.4 Å². The molecule has 6 heteroatoms. The number of carbonyl (C=O) groups excluding carboxylic acids is 2. The van der Waals surface area contributed by atoms with Crippen LogP contribution in [0.15, 0.2) is 66.7 Å². The lowest BCUT2D eigenvalue weighted by Crippen LogP contribution is -2.29. The lowest BCUT2D eigenvalue weighted by atomic mass is 10.1. The molecule has 2 amide bonds. The molecular weight excluding hydrogens is 372 g/mol. The lowest BCUT2D eigenvalue weighted by Gasteiger charge is -2.14. The molecule has 0 atom stereocenters. The first kappa shape index (κ1) is 16.6. The van der Waals surface area contributed by atoms with Gasteiger partial charge in [0.1, 0.15) is 10.8 Å². The fourth-order valence-electron chi connectivity index (χ4n) is 3.41. The van der Waals surface area contributed by atoms with Crippen molar-refractivity contribution < 1.29 is 14.7 Å².